The molecule has 0 aliphatic rings. The highest BCUT2D eigenvalue weighted by Crippen LogP contribution is 2.09. The second-order valence-electron chi connectivity index (χ2n) is 5.76. The zero-order chi connectivity index (χ0) is 18.0. The molecule has 0 saturated heterocycles. The van der Waals surface area contributed by atoms with Crippen molar-refractivity contribution in [2.75, 3.05) is 45.4 Å². The van der Waals surface area contributed by atoms with E-state index < -0.39 is 9.84 Å². The molecule has 0 radical (unpaired) electrons. The maximum Gasteiger partial charge on any atom is 0.194 e. The molecule has 144 valence electrons. The molecule has 6 nitrogen and oxygen atoms in total. The van der Waals surface area contributed by atoms with Crippen LogP contribution < -0.4 is 5.32 Å². The van der Waals surface area contributed by atoms with Crippen molar-refractivity contribution in [2.24, 2.45) is 4.99 Å². The number of rotatable bonds is 9. The molecule has 0 aliphatic heterocycles. The molecule has 0 amide bonds. The van der Waals surface area contributed by atoms with Gasteiger partial charge in [-0.3, -0.25) is 4.99 Å². The number of nitrogens with one attached hydrogen (secondary N) is 1. The Balaban J connectivity index is 0.00000576. The van der Waals surface area contributed by atoms with E-state index in [1.807, 2.05) is 26.1 Å². The van der Waals surface area contributed by atoms with Crippen LogP contribution in [0.5, 0.6) is 0 Å². The number of nitrogens with zero attached hydrogens (tertiary/aromatic N) is 2. The average Bonchev–Trinajstić information content (AvgIpc) is 2.50. The number of ether oxygens (including phenoxy) is 1. The molecule has 8 heteroatoms. The Morgan fingerprint density at radius 3 is 2.56 bits per heavy atom. The van der Waals surface area contributed by atoms with E-state index in [-0.39, 0.29) is 36.3 Å². The van der Waals surface area contributed by atoms with Crippen molar-refractivity contribution in [1.29, 1.82) is 0 Å². The van der Waals surface area contributed by atoms with E-state index in [1.165, 1.54) is 17.4 Å². The lowest BCUT2D eigenvalue weighted by Gasteiger charge is -2.23. The van der Waals surface area contributed by atoms with E-state index in [1.54, 1.807) is 0 Å². The van der Waals surface area contributed by atoms with E-state index in [2.05, 4.69) is 34.3 Å². The molecular weight excluding hydrogens is 453 g/mol. The highest BCUT2D eigenvalue weighted by atomic mass is 127. The van der Waals surface area contributed by atoms with E-state index in [4.69, 9.17) is 4.74 Å². The SMILES string of the molecule is CCNC(=NCCOCCS(C)(=O)=O)N(C)Cc1ccccc1C.I. The van der Waals surface area contributed by atoms with Gasteiger partial charge in [0.05, 0.1) is 25.5 Å². The third-order valence-corrected chi connectivity index (χ3v) is 4.37. The van der Waals surface area contributed by atoms with Gasteiger partial charge in [0.2, 0.25) is 0 Å². The van der Waals surface area contributed by atoms with Crippen LogP contribution in [0.25, 0.3) is 0 Å². The Bertz CT molecular complexity index is 636. The molecule has 1 aromatic carbocycles. The minimum Gasteiger partial charge on any atom is -0.378 e. The summed E-state index contributed by atoms with van der Waals surface area (Å²) in [4.78, 5) is 6.60. The van der Waals surface area contributed by atoms with Crippen molar-refractivity contribution in [2.45, 2.75) is 20.4 Å². The fourth-order valence-electron chi connectivity index (χ4n) is 2.12. The van der Waals surface area contributed by atoms with Crippen molar-refractivity contribution >= 4 is 39.8 Å². The Morgan fingerprint density at radius 2 is 1.96 bits per heavy atom. The lowest BCUT2D eigenvalue weighted by atomic mass is 10.1. The van der Waals surface area contributed by atoms with Gasteiger partial charge in [0, 0.05) is 26.4 Å². The normalized spacial score (nSPS) is 11.8. The summed E-state index contributed by atoms with van der Waals surface area (Å²) in [5.41, 5.74) is 2.51. The molecular formula is C17H30IN3O3S. The van der Waals surface area contributed by atoms with Gasteiger partial charge in [-0.25, -0.2) is 8.42 Å². The van der Waals surface area contributed by atoms with Crippen LogP contribution >= 0.6 is 24.0 Å². The maximum absolute atomic E-state index is 11.0. The number of hydrogen-bond acceptors (Lipinski definition) is 4. The van der Waals surface area contributed by atoms with Crippen LogP contribution in [0.2, 0.25) is 0 Å². The third kappa shape index (κ3) is 10.7. The van der Waals surface area contributed by atoms with Gasteiger partial charge in [-0.1, -0.05) is 24.3 Å². The molecule has 0 atom stereocenters. The summed E-state index contributed by atoms with van der Waals surface area (Å²) in [7, 11) is -0.971. The highest BCUT2D eigenvalue weighted by Gasteiger charge is 2.08. The highest BCUT2D eigenvalue weighted by molar-refractivity contribution is 14.0. The molecule has 0 saturated carbocycles. The minimum atomic E-state index is -2.97. The summed E-state index contributed by atoms with van der Waals surface area (Å²) in [6, 6.07) is 8.29. The fraction of sp³-hybridized carbons (Fsp3) is 0.588. The van der Waals surface area contributed by atoms with Gasteiger partial charge < -0.3 is 15.0 Å². The number of sulfone groups is 1. The Kier molecular flexibility index (Phi) is 12.0. The Labute approximate surface area is 169 Å². The average molecular weight is 483 g/mol. The van der Waals surface area contributed by atoms with E-state index >= 15 is 0 Å². The molecule has 0 unspecified atom stereocenters. The van der Waals surface area contributed by atoms with Gasteiger partial charge >= 0.3 is 0 Å². The summed E-state index contributed by atoms with van der Waals surface area (Å²) in [6.45, 7) is 6.79. The summed E-state index contributed by atoms with van der Waals surface area (Å²) < 4.78 is 27.4. The lowest BCUT2D eigenvalue weighted by molar-refractivity contribution is 0.157. The van der Waals surface area contributed by atoms with Gasteiger partial charge in [-0.15, -0.1) is 24.0 Å². The Hall–Kier alpha value is -0.870. The summed E-state index contributed by atoms with van der Waals surface area (Å²) >= 11 is 0. The van der Waals surface area contributed by atoms with Crippen molar-refractivity contribution in [1.82, 2.24) is 10.2 Å². The van der Waals surface area contributed by atoms with Crippen LogP contribution in [0, 0.1) is 6.92 Å². The van der Waals surface area contributed by atoms with Crippen LogP contribution in [0.1, 0.15) is 18.1 Å². The first-order chi connectivity index (χ1) is 11.3. The smallest absolute Gasteiger partial charge is 0.194 e. The van der Waals surface area contributed by atoms with Crippen LogP contribution in [0.15, 0.2) is 29.3 Å². The molecule has 1 aromatic rings. The van der Waals surface area contributed by atoms with Crippen molar-refractivity contribution < 1.29 is 13.2 Å². The minimum absolute atomic E-state index is 0. The molecule has 1 N–H and O–H groups in total. The quantitative estimate of drug-likeness (QED) is 0.252. The van der Waals surface area contributed by atoms with Crippen molar-refractivity contribution in [3.8, 4) is 0 Å². The fourth-order valence-corrected chi connectivity index (χ4v) is 2.54. The molecule has 1 rings (SSSR count). The zero-order valence-electron chi connectivity index (χ0n) is 15.5. The number of halogens is 1. The third-order valence-electron chi connectivity index (χ3n) is 3.46. The topological polar surface area (TPSA) is 71.0 Å². The van der Waals surface area contributed by atoms with E-state index in [0.29, 0.717) is 13.2 Å². The van der Waals surface area contributed by atoms with Crippen molar-refractivity contribution in [3.63, 3.8) is 0 Å². The van der Waals surface area contributed by atoms with Gasteiger partial charge in [-0.05, 0) is 25.0 Å². The van der Waals surface area contributed by atoms with Crippen LogP contribution in [-0.2, 0) is 21.1 Å². The number of guanidine groups is 1. The van der Waals surface area contributed by atoms with Crippen molar-refractivity contribution in [3.05, 3.63) is 35.4 Å². The van der Waals surface area contributed by atoms with Crippen LogP contribution in [0.4, 0.5) is 0 Å². The zero-order valence-corrected chi connectivity index (χ0v) is 18.6. The summed E-state index contributed by atoms with van der Waals surface area (Å²) in [6.07, 6.45) is 1.21. The number of aliphatic imine (C=N–C) groups is 1. The number of hydrogen-bond donors (Lipinski definition) is 1. The van der Waals surface area contributed by atoms with Crippen LogP contribution in [-0.4, -0.2) is 64.6 Å². The molecule has 0 fully saturated rings. The largest absolute Gasteiger partial charge is 0.378 e. The van der Waals surface area contributed by atoms with Crippen LogP contribution in [0.3, 0.4) is 0 Å². The summed E-state index contributed by atoms with van der Waals surface area (Å²) in [5, 5.41) is 3.26. The molecule has 0 spiro atoms. The first-order valence-electron chi connectivity index (χ1n) is 8.13. The van der Waals surface area contributed by atoms with E-state index in [9.17, 15) is 8.42 Å². The number of aryl methyl sites for hydroxylation is 1. The molecule has 0 aliphatic carbocycles. The van der Waals surface area contributed by atoms with E-state index in [0.717, 1.165) is 19.0 Å². The van der Waals surface area contributed by atoms with Gasteiger partial charge in [0.15, 0.2) is 5.96 Å². The first kappa shape index (κ1) is 24.1. The summed E-state index contributed by atoms with van der Waals surface area (Å²) in [5.74, 6) is 0.858. The standard InChI is InChI=1S/C17H29N3O3S.HI/c1-5-18-17(19-10-11-23-12-13-24(4,21)22)20(3)14-16-9-7-6-8-15(16)2;/h6-9H,5,10-14H2,1-4H3,(H,18,19);1H. The first-order valence-corrected chi connectivity index (χ1v) is 10.2. The number of benzene rings is 1. The molecule has 0 heterocycles. The second kappa shape index (κ2) is 12.5. The van der Waals surface area contributed by atoms with Gasteiger partial charge in [0.25, 0.3) is 0 Å². The predicted molar refractivity (Wildman–Crippen MR) is 115 cm³/mol. The lowest BCUT2D eigenvalue weighted by Crippen LogP contribution is -2.38. The molecule has 25 heavy (non-hydrogen) atoms. The molecule has 0 aromatic heterocycles. The predicted octanol–water partition coefficient (Wildman–Crippen LogP) is 2.07. The van der Waals surface area contributed by atoms with Gasteiger partial charge in [0.1, 0.15) is 9.84 Å². The second-order valence-corrected chi connectivity index (χ2v) is 8.02. The molecule has 0 bridgehead atoms. The Morgan fingerprint density at radius 1 is 1.28 bits per heavy atom. The van der Waals surface area contributed by atoms with Gasteiger partial charge in [-0.2, -0.15) is 0 Å². The maximum atomic E-state index is 11.0. The monoisotopic (exact) mass is 483 g/mol.